The molecule has 1 saturated carbocycles. The Morgan fingerprint density at radius 3 is 2.33 bits per heavy atom. The standard InChI is InChI=1S/C44H44ClFN12O5/c45-32-2-1-11-47-37(32)42(61)52-27-18-29(19-27)57-24-50-38-39(48-23-49-40(38)57)51-26-3-5-28(6-4-26)55-16-14-54(15-17-55)22-25-9-12-56(13-10-25)35-21-31-30(20-33(35)46)43(62)58(44(31)63)34-7-8-36(59)53-41(34)60/h1-6,11,20-21,23-25,27,29,34H,7-10,12-19,22H2,(H,52,61)(H,48,49,51)(H,53,59,60). The number of rotatable bonds is 10. The monoisotopic (exact) mass is 874 g/mol. The Bertz CT molecular complexity index is 2640. The lowest BCUT2D eigenvalue weighted by molar-refractivity contribution is -0.136. The molecule has 1 atom stereocenters. The molecule has 0 spiro atoms. The number of carbonyl (C=O) groups excluding carboxylic acids is 5. The lowest BCUT2D eigenvalue weighted by atomic mass is 9.86. The van der Waals surface area contributed by atoms with E-state index in [0.29, 0.717) is 35.4 Å². The highest BCUT2D eigenvalue weighted by Crippen LogP contribution is 2.37. The van der Waals surface area contributed by atoms with Crippen molar-refractivity contribution in [3.63, 3.8) is 0 Å². The Kier molecular flexibility index (Phi) is 10.7. The van der Waals surface area contributed by atoms with E-state index in [2.05, 4.69) is 57.8 Å². The minimum absolute atomic E-state index is 0.00388. The highest BCUT2D eigenvalue weighted by Gasteiger charge is 2.45. The van der Waals surface area contributed by atoms with Crippen LogP contribution >= 0.6 is 11.6 Å². The molecule has 3 aromatic heterocycles. The van der Waals surface area contributed by atoms with Gasteiger partial charge in [0.2, 0.25) is 11.8 Å². The van der Waals surface area contributed by atoms with Gasteiger partial charge in [0.1, 0.15) is 23.9 Å². The zero-order chi connectivity index (χ0) is 43.4. The molecule has 324 valence electrons. The van der Waals surface area contributed by atoms with Crippen LogP contribution in [0.3, 0.4) is 0 Å². The largest absolute Gasteiger partial charge is 0.369 e. The number of piperazine rings is 1. The van der Waals surface area contributed by atoms with Crippen molar-refractivity contribution < 1.29 is 28.4 Å². The van der Waals surface area contributed by atoms with E-state index in [1.807, 2.05) is 21.6 Å². The van der Waals surface area contributed by atoms with Crippen LogP contribution in [0.25, 0.3) is 11.2 Å². The van der Waals surface area contributed by atoms with Crippen LogP contribution in [0.15, 0.2) is 67.4 Å². The van der Waals surface area contributed by atoms with Gasteiger partial charge in [-0.15, -0.1) is 0 Å². The molecule has 63 heavy (non-hydrogen) atoms. The Labute approximate surface area is 366 Å². The average molecular weight is 875 g/mol. The maximum atomic E-state index is 15.5. The minimum atomic E-state index is -1.10. The molecule has 4 aliphatic heterocycles. The first kappa shape index (κ1) is 40.5. The quantitative estimate of drug-likeness (QED) is 0.168. The van der Waals surface area contributed by atoms with Crippen molar-refractivity contribution in [1.29, 1.82) is 0 Å². The molecule has 1 aliphatic carbocycles. The van der Waals surface area contributed by atoms with E-state index in [9.17, 15) is 24.0 Å². The molecule has 3 saturated heterocycles. The van der Waals surface area contributed by atoms with Crippen molar-refractivity contribution in [2.24, 2.45) is 5.92 Å². The van der Waals surface area contributed by atoms with Crippen LogP contribution in [0.2, 0.25) is 5.02 Å². The molecular formula is C44H44ClFN12O5. The van der Waals surface area contributed by atoms with Gasteiger partial charge in [-0.25, -0.2) is 24.3 Å². The summed E-state index contributed by atoms with van der Waals surface area (Å²) in [6, 6.07) is 13.2. The predicted molar refractivity (Wildman–Crippen MR) is 230 cm³/mol. The number of piperidine rings is 2. The molecule has 4 fully saturated rings. The highest BCUT2D eigenvalue weighted by atomic mass is 35.5. The van der Waals surface area contributed by atoms with E-state index < -0.39 is 35.5 Å². The number of anilines is 4. The van der Waals surface area contributed by atoms with Crippen molar-refractivity contribution in [1.82, 2.24) is 44.9 Å². The number of benzene rings is 2. The number of imidazole rings is 1. The smallest absolute Gasteiger partial charge is 0.271 e. The van der Waals surface area contributed by atoms with E-state index in [0.717, 1.165) is 86.4 Å². The SMILES string of the molecule is O=C1CCC(N2C(=O)c3cc(F)c(N4CCC(CN5CCN(c6ccc(Nc7ncnc8c7ncn8C7CC(NC(=O)c8ncccc8Cl)C7)cc6)CC5)CC4)cc3C2=O)C(=O)N1. The number of fused-ring (bicyclic) bond motifs is 2. The van der Waals surface area contributed by atoms with Crippen LogP contribution in [-0.2, 0) is 9.59 Å². The van der Waals surface area contributed by atoms with Gasteiger partial charge in [-0.05, 0) is 86.6 Å². The van der Waals surface area contributed by atoms with Crippen LogP contribution in [0.4, 0.5) is 27.3 Å². The summed E-state index contributed by atoms with van der Waals surface area (Å²) in [4.78, 5) is 88.7. The van der Waals surface area contributed by atoms with Gasteiger partial charge in [0, 0.05) is 81.9 Å². The van der Waals surface area contributed by atoms with Gasteiger partial charge in [0.25, 0.3) is 17.7 Å². The second-order valence-corrected chi connectivity index (χ2v) is 17.3. The number of imide groups is 2. The Morgan fingerprint density at radius 2 is 1.60 bits per heavy atom. The lowest BCUT2D eigenvalue weighted by Crippen LogP contribution is -2.54. The van der Waals surface area contributed by atoms with Gasteiger partial charge >= 0.3 is 0 Å². The molecule has 17 nitrogen and oxygen atoms in total. The van der Waals surface area contributed by atoms with Crippen LogP contribution in [-0.4, -0.2) is 122 Å². The number of hydrogen-bond donors (Lipinski definition) is 3. The number of hydrogen-bond acceptors (Lipinski definition) is 13. The lowest BCUT2D eigenvalue weighted by Gasteiger charge is -2.40. The maximum Gasteiger partial charge on any atom is 0.271 e. The van der Waals surface area contributed by atoms with Crippen LogP contribution in [0.1, 0.15) is 75.8 Å². The maximum absolute atomic E-state index is 15.5. The Morgan fingerprint density at radius 1 is 0.857 bits per heavy atom. The van der Waals surface area contributed by atoms with Crippen LogP contribution in [0, 0.1) is 11.7 Å². The number of nitrogens with one attached hydrogen (secondary N) is 3. The fourth-order valence-electron chi connectivity index (χ4n) is 9.47. The topological polar surface area (TPSA) is 191 Å². The third-order valence-corrected chi connectivity index (χ3v) is 13.3. The molecule has 2 aromatic carbocycles. The fourth-order valence-corrected chi connectivity index (χ4v) is 9.68. The molecule has 5 aliphatic rings. The number of pyridine rings is 1. The third kappa shape index (κ3) is 7.81. The van der Waals surface area contributed by atoms with Gasteiger partial charge < -0.3 is 25.0 Å². The van der Waals surface area contributed by atoms with Crippen LogP contribution < -0.4 is 25.8 Å². The first-order valence-corrected chi connectivity index (χ1v) is 21.7. The van der Waals surface area contributed by atoms with Gasteiger partial charge in [-0.3, -0.25) is 39.1 Å². The first-order valence-electron chi connectivity index (χ1n) is 21.3. The van der Waals surface area contributed by atoms with Gasteiger partial charge in [0.15, 0.2) is 17.0 Å². The number of halogens is 2. The van der Waals surface area contributed by atoms with E-state index in [4.69, 9.17) is 11.6 Å². The van der Waals surface area contributed by atoms with Crippen molar-refractivity contribution >= 4 is 75.2 Å². The predicted octanol–water partition coefficient (Wildman–Crippen LogP) is 4.33. The molecule has 5 amide bonds. The summed E-state index contributed by atoms with van der Waals surface area (Å²) in [5.41, 5.74) is 3.94. The number of amides is 5. The van der Waals surface area contributed by atoms with Gasteiger partial charge in [-0.2, -0.15) is 0 Å². The summed E-state index contributed by atoms with van der Waals surface area (Å²) in [5, 5.41) is 8.94. The highest BCUT2D eigenvalue weighted by molar-refractivity contribution is 6.33. The zero-order valence-corrected chi connectivity index (χ0v) is 34.9. The van der Waals surface area contributed by atoms with Gasteiger partial charge in [-0.1, -0.05) is 11.6 Å². The molecule has 19 heteroatoms. The summed E-state index contributed by atoms with van der Waals surface area (Å²) in [5.74, 6) is -2.30. The summed E-state index contributed by atoms with van der Waals surface area (Å²) in [6.07, 6.45) is 8.12. The molecule has 0 radical (unpaired) electrons. The van der Waals surface area contributed by atoms with E-state index in [1.54, 1.807) is 24.7 Å². The average Bonchev–Trinajstić information content (AvgIpc) is 3.80. The van der Waals surface area contributed by atoms with Crippen molar-refractivity contribution in [2.45, 2.75) is 56.7 Å². The summed E-state index contributed by atoms with van der Waals surface area (Å²) in [7, 11) is 0. The summed E-state index contributed by atoms with van der Waals surface area (Å²) < 4.78 is 17.5. The third-order valence-electron chi connectivity index (χ3n) is 13.0. The summed E-state index contributed by atoms with van der Waals surface area (Å²) in [6.45, 7) is 5.82. The molecule has 10 rings (SSSR count). The second-order valence-electron chi connectivity index (χ2n) is 16.9. The molecule has 1 unspecified atom stereocenters. The molecule has 5 aromatic rings. The van der Waals surface area contributed by atoms with Crippen LogP contribution in [0.5, 0.6) is 0 Å². The normalized spacial score (nSPS) is 22.0. The van der Waals surface area contributed by atoms with Crippen molar-refractivity contribution in [3.8, 4) is 0 Å². The molecule has 0 bridgehead atoms. The van der Waals surface area contributed by atoms with E-state index in [-0.39, 0.29) is 53.3 Å². The second kappa shape index (κ2) is 16.6. The molecule has 7 heterocycles. The minimum Gasteiger partial charge on any atom is -0.369 e. The molecule has 3 N–H and O–H groups in total. The first-order chi connectivity index (χ1) is 30.6. The van der Waals surface area contributed by atoms with E-state index >= 15 is 4.39 Å². The number of nitrogens with zero attached hydrogens (tertiary/aromatic N) is 9. The van der Waals surface area contributed by atoms with Crippen molar-refractivity contribution in [2.75, 3.05) is 60.9 Å². The van der Waals surface area contributed by atoms with Crippen molar-refractivity contribution in [3.05, 3.63) is 95.0 Å². The molecular weight excluding hydrogens is 831 g/mol. The zero-order valence-electron chi connectivity index (χ0n) is 34.2. The fraction of sp³-hybridized carbons (Fsp3) is 0.386. The Balaban J connectivity index is 0.688. The summed E-state index contributed by atoms with van der Waals surface area (Å²) >= 11 is 6.15. The van der Waals surface area contributed by atoms with E-state index in [1.165, 1.54) is 12.4 Å². The van der Waals surface area contributed by atoms with Gasteiger partial charge in [0.05, 0.1) is 28.2 Å². The number of aromatic nitrogens is 5. The number of carbonyl (C=O) groups is 5. The Hall–Kier alpha value is -6.53.